The number of nitrogens with one attached hydrogen (secondary N) is 1. The van der Waals surface area contributed by atoms with Gasteiger partial charge in [-0.25, -0.2) is 0 Å². The van der Waals surface area contributed by atoms with Gasteiger partial charge >= 0.3 is 0 Å². The second kappa shape index (κ2) is 5.08. The van der Waals surface area contributed by atoms with Crippen LogP contribution in [0.25, 0.3) is 0 Å². The largest absolute Gasteiger partial charge is 0.311 e. The summed E-state index contributed by atoms with van der Waals surface area (Å²) in [6.07, 6.45) is 8.96. The fraction of sp³-hybridized carbons (Fsp3) is 0.750. The molecule has 15 heavy (non-hydrogen) atoms. The van der Waals surface area contributed by atoms with E-state index in [0.717, 1.165) is 6.54 Å². The summed E-state index contributed by atoms with van der Waals surface area (Å²) in [7, 11) is 0. The van der Waals surface area contributed by atoms with E-state index in [4.69, 9.17) is 0 Å². The lowest BCUT2D eigenvalue weighted by molar-refractivity contribution is 0.115. The highest BCUT2D eigenvalue weighted by molar-refractivity contribution is 7.09. The first kappa shape index (κ1) is 11.1. The molecule has 1 aliphatic rings. The van der Waals surface area contributed by atoms with Crippen LogP contribution in [0.15, 0.2) is 11.7 Å². The highest BCUT2D eigenvalue weighted by Gasteiger charge is 2.35. The normalized spacial score (nSPS) is 18.7. The van der Waals surface area contributed by atoms with Gasteiger partial charge in [-0.1, -0.05) is 19.8 Å². The molecule has 1 saturated carbocycles. The van der Waals surface area contributed by atoms with E-state index in [-0.39, 0.29) is 0 Å². The molecule has 1 heterocycles. The Balaban J connectivity index is 1.72. The summed E-state index contributed by atoms with van der Waals surface area (Å²) >= 11 is 1.74. The Bertz CT molecular complexity index is 278. The van der Waals surface area contributed by atoms with Crippen LogP contribution in [-0.2, 0) is 6.54 Å². The van der Waals surface area contributed by atoms with E-state index in [1.165, 1.54) is 43.5 Å². The van der Waals surface area contributed by atoms with E-state index in [9.17, 15) is 0 Å². The molecule has 2 nitrogen and oxygen atoms in total. The maximum Gasteiger partial charge on any atom is 0.0794 e. The monoisotopic (exact) mass is 224 g/mol. The van der Waals surface area contributed by atoms with Crippen LogP contribution >= 0.6 is 11.3 Å². The van der Waals surface area contributed by atoms with Crippen LogP contribution in [0.5, 0.6) is 0 Å². The standard InChI is InChI=1S/C12H20N2S/c1-2-4-12(5-3-6-12)9-13-7-11-8-14-10-15-11/h8,10,13H,2-7,9H2,1H3. The summed E-state index contributed by atoms with van der Waals surface area (Å²) in [5.41, 5.74) is 2.54. The Labute approximate surface area is 96.1 Å². The summed E-state index contributed by atoms with van der Waals surface area (Å²) in [6, 6.07) is 0. The minimum Gasteiger partial charge on any atom is -0.311 e. The molecular formula is C12H20N2S. The predicted molar refractivity (Wildman–Crippen MR) is 65.0 cm³/mol. The van der Waals surface area contributed by atoms with Gasteiger partial charge in [0.2, 0.25) is 0 Å². The van der Waals surface area contributed by atoms with Gasteiger partial charge in [0.1, 0.15) is 0 Å². The number of rotatable bonds is 6. The van der Waals surface area contributed by atoms with Gasteiger partial charge < -0.3 is 5.32 Å². The second-order valence-electron chi connectivity index (χ2n) is 4.67. The molecule has 0 aromatic carbocycles. The number of hydrogen-bond donors (Lipinski definition) is 1. The van der Waals surface area contributed by atoms with Gasteiger partial charge in [-0.05, 0) is 24.7 Å². The van der Waals surface area contributed by atoms with Crippen molar-refractivity contribution in [1.82, 2.24) is 10.3 Å². The van der Waals surface area contributed by atoms with Gasteiger partial charge in [-0.3, -0.25) is 4.98 Å². The van der Waals surface area contributed by atoms with Crippen molar-refractivity contribution in [3.8, 4) is 0 Å². The average Bonchev–Trinajstić information content (AvgIpc) is 2.67. The maximum absolute atomic E-state index is 4.09. The molecule has 0 radical (unpaired) electrons. The summed E-state index contributed by atoms with van der Waals surface area (Å²) in [5, 5.41) is 3.59. The molecule has 0 amide bonds. The van der Waals surface area contributed by atoms with Gasteiger partial charge in [-0.15, -0.1) is 11.3 Å². The van der Waals surface area contributed by atoms with Crippen molar-refractivity contribution < 1.29 is 0 Å². The molecule has 2 rings (SSSR count). The first-order valence-electron chi connectivity index (χ1n) is 5.93. The molecule has 0 saturated heterocycles. The number of thiazole rings is 1. The van der Waals surface area contributed by atoms with E-state index in [1.807, 2.05) is 11.7 Å². The molecule has 1 aromatic rings. The lowest BCUT2D eigenvalue weighted by Gasteiger charge is -2.42. The molecule has 3 heteroatoms. The molecular weight excluding hydrogens is 204 g/mol. The molecule has 0 atom stereocenters. The third-order valence-corrected chi connectivity index (χ3v) is 4.26. The van der Waals surface area contributed by atoms with Crippen LogP contribution in [0, 0.1) is 5.41 Å². The molecule has 0 unspecified atom stereocenters. The van der Waals surface area contributed by atoms with Crippen LogP contribution in [0.2, 0.25) is 0 Å². The maximum atomic E-state index is 4.09. The summed E-state index contributed by atoms with van der Waals surface area (Å²) in [4.78, 5) is 5.43. The number of aromatic nitrogens is 1. The van der Waals surface area contributed by atoms with E-state index < -0.39 is 0 Å². The van der Waals surface area contributed by atoms with Crippen molar-refractivity contribution in [1.29, 1.82) is 0 Å². The smallest absolute Gasteiger partial charge is 0.0794 e. The average molecular weight is 224 g/mol. The van der Waals surface area contributed by atoms with E-state index >= 15 is 0 Å². The molecule has 1 aromatic heterocycles. The lowest BCUT2D eigenvalue weighted by Crippen LogP contribution is -2.39. The number of nitrogens with zero attached hydrogens (tertiary/aromatic N) is 1. The van der Waals surface area contributed by atoms with Gasteiger partial charge in [0.15, 0.2) is 0 Å². The van der Waals surface area contributed by atoms with Crippen molar-refractivity contribution in [2.75, 3.05) is 6.54 Å². The number of hydrogen-bond acceptors (Lipinski definition) is 3. The summed E-state index contributed by atoms with van der Waals surface area (Å²) < 4.78 is 0. The van der Waals surface area contributed by atoms with Crippen molar-refractivity contribution in [3.63, 3.8) is 0 Å². The van der Waals surface area contributed by atoms with Gasteiger partial charge in [0, 0.05) is 24.2 Å². The Morgan fingerprint density at radius 1 is 1.53 bits per heavy atom. The van der Waals surface area contributed by atoms with Crippen molar-refractivity contribution >= 4 is 11.3 Å². The lowest BCUT2D eigenvalue weighted by atomic mass is 9.66. The first-order valence-corrected chi connectivity index (χ1v) is 6.81. The molecule has 0 bridgehead atoms. The SMILES string of the molecule is CCCC1(CNCc2cncs2)CCC1. The predicted octanol–water partition coefficient (Wildman–Crippen LogP) is 3.20. The van der Waals surface area contributed by atoms with Crippen LogP contribution in [0.1, 0.15) is 43.9 Å². The van der Waals surface area contributed by atoms with Crippen molar-refractivity contribution in [2.24, 2.45) is 5.41 Å². The molecule has 84 valence electrons. The summed E-state index contributed by atoms with van der Waals surface area (Å²) in [5.74, 6) is 0. The fourth-order valence-corrected chi connectivity index (χ4v) is 3.07. The van der Waals surface area contributed by atoms with E-state index in [1.54, 1.807) is 11.3 Å². The van der Waals surface area contributed by atoms with Gasteiger partial charge in [0.05, 0.1) is 5.51 Å². The Kier molecular flexibility index (Phi) is 3.76. The third-order valence-electron chi connectivity index (χ3n) is 3.48. The highest BCUT2D eigenvalue weighted by Crippen LogP contribution is 2.44. The molecule has 1 N–H and O–H groups in total. The topological polar surface area (TPSA) is 24.9 Å². The summed E-state index contributed by atoms with van der Waals surface area (Å²) in [6.45, 7) is 4.48. The highest BCUT2D eigenvalue weighted by atomic mass is 32.1. The molecule has 1 fully saturated rings. The second-order valence-corrected chi connectivity index (χ2v) is 5.65. The zero-order valence-corrected chi connectivity index (χ0v) is 10.3. The van der Waals surface area contributed by atoms with Crippen molar-refractivity contribution in [2.45, 2.75) is 45.6 Å². The van der Waals surface area contributed by atoms with Crippen LogP contribution in [0.3, 0.4) is 0 Å². The van der Waals surface area contributed by atoms with Crippen molar-refractivity contribution in [3.05, 3.63) is 16.6 Å². The zero-order chi connectivity index (χ0) is 10.6. The minimum atomic E-state index is 0.638. The minimum absolute atomic E-state index is 0.638. The Morgan fingerprint density at radius 3 is 2.93 bits per heavy atom. The Morgan fingerprint density at radius 2 is 2.40 bits per heavy atom. The third kappa shape index (κ3) is 2.79. The van der Waals surface area contributed by atoms with Crippen LogP contribution in [0.4, 0.5) is 0 Å². The van der Waals surface area contributed by atoms with Crippen LogP contribution < -0.4 is 5.32 Å². The molecule has 0 spiro atoms. The molecule has 1 aliphatic carbocycles. The Hall–Kier alpha value is -0.410. The fourth-order valence-electron chi connectivity index (χ4n) is 2.50. The zero-order valence-electron chi connectivity index (χ0n) is 9.46. The van der Waals surface area contributed by atoms with Gasteiger partial charge in [0.25, 0.3) is 0 Å². The first-order chi connectivity index (χ1) is 7.35. The van der Waals surface area contributed by atoms with Gasteiger partial charge in [-0.2, -0.15) is 0 Å². The van der Waals surface area contributed by atoms with Crippen LogP contribution in [-0.4, -0.2) is 11.5 Å². The quantitative estimate of drug-likeness (QED) is 0.802. The van der Waals surface area contributed by atoms with E-state index in [2.05, 4.69) is 17.2 Å². The molecule has 0 aliphatic heterocycles. The van der Waals surface area contributed by atoms with E-state index in [0.29, 0.717) is 5.41 Å².